The van der Waals surface area contributed by atoms with E-state index in [0.717, 1.165) is 16.9 Å². The highest BCUT2D eigenvalue weighted by molar-refractivity contribution is 6.12. The van der Waals surface area contributed by atoms with Gasteiger partial charge >= 0.3 is 0 Å². The smallest absolute Gasteiger partial charge is 0.262 e. The molecule has 0 saturated heterocycles. The maximum atomic E-state index is 13.4. The molecule has 5 heteroatoms. The number of nitrogens with one attached hydrogen (secondary N) is 1. The van der Waals surface area contributed by atoms with Gasteiger partial charge in [0.1, 0.15) is 6.17 Å². The molecular formula is C23H22N2O3. The Morgan fingerprint density at radius 2 is 1.71 bits per heavy atom. The molecule has 3 aromatic carbocycles. The molecule has 3 aromatic rings. The average molecular weight is 374 g/mol. The molecule has 5 nitrogen and oxygen atoms in total. The Morgan fingerprint density at radius 3 is 2.46 bits per heavy atom. The van der Waals surface area contributed by atoms with Gasteiger partial charge in [-0.15, -0.1) is 0 Å². The van der Waals surface area contributed by atoms with Gasteiger partial charge in [0.15, 0.2) is 11.5 Å². The zero-order chi connectivity index (χ0) is 19.5. The number of hydrogen-bond acceptors (Lipinski definition) is 4. The van der Waals surface area contributed by atoms with Crippen LogP contribution >= 0.6 is 0 Å². The first-order valence-corrected chi connectivity index (χ1v) is 9.28. The van der Waals surface area contributed by atoms with Crippen molar-refractivity contribution in [1.29, 1.82) is 0 Å². The van der Waals surface area contributed by atoms with Gasteiger partial charge in [-0.3, -0.25) is 9.69 Å². The SMILES string of the molecule is CCOc1cc([C@H]2Nc3ccccc3C(=O)N2c2ccccc2)ccc1OC. The van der Waals surface area contributed by atoms with E-state index in [-0.39, 0.29) is 12.1 Å². The molecule has 4 rings (SSSR count). The third kappa shape index (κ3) is 3.16. The molecule has 28 heavy (non-hydrogen) atoms. The van der Waals surface area contributed by atoms with Gasteiger partial charge in [0.25, 0.3) is 5.91 Å². The molecule has 1 heterocycles. The van der Waals surface area contributed by atoms with Crippen LogP contribution in [-0.2, 0) is 0 Å². The summed E-state index contributed by atoms with van der Waals surface area (Å²) < 4.78 is 11.1. The molecule has 0 spiro atoms. The Labute approximate surface area is 164 Å². The lowest BCUT2D eigenvalue weighted by Crippen LogP contribution is -2.43. The molecular weight excluding hydrogens is 352 g/mol. The van der Waals surface area contributed by atoms with E-state index >= 15 is 0 Å². The topological polar surface area (TPSA) is 50.8 Å². The second-order valence-electron chi connectivity index (χ2n) is 6.45. The minimum atomic E-state index is -0.366. The number of nitrogens with zero attached hydrogens (tertiary/aromatic N) is 1. The summed E-state index contributed by atoms with van der Waals surface area (Å²) in [6.07, 6.45) is -0.366. The second-order valence-corrected chi connectivity index (χ2v) is 6.45. The molecule has 1 aliphatic rings. The van der Waals surface area contributed by atoms with E-state index < -0.39 is 0 Å². The average Bonchev–Trinajstić information content (AvgIpc) is 2.74. The quantitative estimate of drug-likeness (QED) is 0.693. The molecule has 0 unspecified atom stereocenters. The summed E-state index contributed by atoms with van der Waals surface area (Å²) in [5.41, 5.74) is 3.21. The maximum Gasteiger partial charge on any atom is 0.262 e. The lowest BCUT2D eigenvalue weighted by molar-refractivity contribution is 0.0975. The van der Waals surface area contributed by atoms with E-state index in [2.05, 4.69) is 5.32 Å². The number of methoxy groups -OCH3 is 1. The Hall–Kier alpha value is -3.47. The minimum absolute atomic E-state index is 0.0423. The third-order valence-corrected chi connectivity index (χ3v) is 4.76. The first-order chi connectivity index (χ1) is 13.7. The van der Waals surface area contributed by atoms with Crippen LogP contribution < -0.4 is 19.7 Å². The van der Waals surface area contributed by atoms with Crippen molar-refractivity contribution in [3.63, 3.8) is 0 Å². The largest absolute Gasteiger partial charge is 0.493 e. The van der Waals surface area contributed by atoms with E-state index in [9.17, 15) is 4.79 Å². The monoisotopic (exact) mass is 374 g/mol. The zero-order valence-corrected chi connectivity index (χ0v) is 15.9. The lowest BCUT2D eigenvalue weighted by atomic mass is 10.0. The number of carbonyl (C=O) groups is 1. The fourth-order valence-corrected chi connectivity index (χ4v) is 3.47. The molecule has 0 aromatic heterocycles. The number of carbonyl (C=O) groups excluding carboxylic acids is 1. The summed E-state index contributed by atoms with van der Waals surface area (Å²) in [4.78, 5) is 15.1. The zero-order valence-electron chi connectivity index (χ0n) is 15.9. The first kappa shape index (κ1) is 17.9. The molecule has 0 bridgehead atoms. The summed E-state index contributed by atoms with van der Waals surface area (Å²) >= 11 is 0. The van der Waals surface area contributed by atoms with Crippen molar-refractivity contribution in [1.82, 2.24) is 0 Å². The Kier molecular flexibility index (Phi) is 4.89. The second kappa shape index (κ2) is 7.64. The first-order valence-electron chi connectivity index (χ1n) is 9.28. The molecule has 0 aliphatic carbocycles. The maximum absolute atomic E-state index is 13.4. The molecule has 1 atom stereocenters. The Balaban J connectivity index is 1.83. The summed E-state index contributed by atoms with van der Waals surface area (Å²) in [5, 5.41) is 3.51. The predicted molar refractivity (Wildman–Crippen MR) is 110 cm³/mol. The fourth-order valence-electron chi connectivity index (χ4n) is 3.47. The number of anilines is 2. The van der Waals surface area contributed by atoms with E-state index in [0.29, 0.717) is 23.7 Å². The molecule has 1 N–H and O–H groups in total. The van der Waals surface area contributed by atoms with E-state index in [1.54, 1.807) is 12.0 Å². The number of para-hydroxylation sites is 2. The summed E-state index contributed by atoms with van der Waals surface area (Å²) in [7, 11) is 1.62. The molecule has 0 radical (unpaired) electrons. The van der Waals surface area contributed by atoms with Gasteiger partial charge in [0.2, 0.25) is 0 Å². The van der Waals surface area contributed by atoms with Crippen LogP contribution in [0.25, 0.3) is 0 Å². The molecule has 0 fully saturated rings. The number of amides is 1. The Bertz CT molecular complexity index is 988. The van der Waals surface area contributed by atoms with Gasteiger partial charge < -0.3 is 14.8 Å². The third-order valence-electron chi connectivity index (χ3n) is 4.76. The number of hydrogen-bond donors (Lipinski definition) is 1. The number of rotatable bonds is 5. The van der Waals surface area contributed by atoms with E-state index in [1.807, 2.05) is 79.7 Å². The van der Waals surface area contributed by atoms with Gasteiger partial charge in [0.05, 0.1) is 19.3 Å². The summed E-state index contributed by atoms with van der Waals surface area (Å²) in [6, 6.07) is 23.0. The van der Waals surface area contributed by atoms with Crippen molar-refractivity contribution in [2.75, 3.05) is 23.9 Å². The predicted octanol–water partition coefficient (Wildman–Crippen LogP) is 4.87. The van der Waals surface area contributed by atoms with Crippen LogP contribution in [0.3, 0.4) is 0 Å². The number of benzene rings is 3. The highest BCUT2D eigenvalue weighted by Crippen LogP contribution is 2.39. The van der Waals surface area contributed by atoms with Gasteiger partial charge in [-0.2, -0.15) is 0 Å². The van der Waals surface area contributed by atoms with Crippen LogP contribution in [0, 0.1) is 0 Å². The minimum Gasteiger partial charge on any atom is -0.493 e. The molecule has 0 saturated carbocycles. The highest BCUT2D eigenvalue weighted by atomic mass is 16.5. The van der Waals surface area contributed by atoms with Crippen molar-refractivity contribution < 1.29 is 14.3 Å². The fraction of sp³-hybridized carbons (Fsp3) is 0.174. The molecule has 1 amide bonds. The van der Waals surface area contributed by atoms with Gasteiger partial charge in [0, 0.05) is 11.4 Å². The van der Waals surface area contributed by atoms with Crippen molar-refractivity contribution >= 4 is 17.3 Å². The Morgan fingerprint density at radius 1 is 0.964 bits per heavy atom. The standard InChI is InChI=1S/C23H22N2O3/c1-3-28-21-15-16(13-14-20(21)27-2)22-24-19-12-8-7-11-18(19)23(26)25(22)17-9-5-4-6-10-17/h4-15,22,24H,3H2,1-2H3/t22-/m0/s1. The van der Waals surface area contributed by atoms with Gasteiger partial charge in [-0.25, -0.2) is 0 Å². The van der Waals surface area contributed by atoms with Gasteiger partial charge in [-0.1, -0.05) is 36.4 Å². The lowest BCUT2D eigenvalue weighted by Gasteiger charge is -2.38. The van der Waals surface area contributed by atoms with Crippen LogP contribution in [0.2, 0.25) is 0 Å². The van der Waals surface area contributed by atoms with Crippen LogP contribution in [-0.4, -0.2) is 19.6 Å². The van der Waals surface area contributed by atoms with Crippen molar-refractivity contribution in [2.45, 2.75) is 13.1 Å². The molecule has 1 aliphatic heterocycles. The van der Waals surface area contributed by atoms with Crippen LogP contribution in [0.1, 0.15) is 29.0 Å². The number of fused-ring (bicyclic) bond motifs is 1. The van der Waals surface area contributed by atoms with E-state index in [1.165, 1.54) is 0 Å². The molecule has 142 valence electrons. The van der Waals surface area contributed by atoms with Crippen molar-refractivity contribution in [3.8, 4) is 11.5 Å². The van der Waals surface area contributed by atoms with Crippen LogP contribution in [0.5, 0.6) is 11.5 Å². The summed E-state index contributed by atoms with van der Waals surface area (Å²) in [5.74, 6) is 1.28. The van der Waals surface area contributed by atoms with Crippen molar-refractivity contribution in [2.24, 2.45) is 0 Å². The normalized spacial score (nSPS) is 15.6. The van der Waals surface area contributed by atoms with Crippen LogP contribution in [0.4, 0.5) is 11.4 Å². The van der Waals surface area contributed by atoms with Crippen LogP contribution in [0.15, 0.2) is 72.8 Å². The summed E-state index contributed by atoms with van der Waals surface area (Å²) in [6.45, 7) is 2.46. The van der Waals surface area contributed by atoms with E-state index in [4.69, 9.17) is 9.47 Å². The van der Waals surface area contributed by atoms with Gasteiger partial charge in [-0.05, 0) is 48.9 Å². The number of ether oxygens (including phenoxy) is 2. The highest BCUT2D eigenvalue weighted by Gasteiger charge is 2.34. The van der Waals surface area contributed by atoms with Crippen molar-refractivity contribution in [3.05, 3.63) is 83.9 Å².